The van der Waals surface area contributed by atoms with Crippen LogP contribution in [0.25, 0.3) is 0 Å². The van der Waals surface area contributed by atoms with E-state index in [4.69, 9.17) is 4.74 Å². The first-order valence-corrected chi connectivity index (χ1v) is 5.88. The van der Waals surface area contributed by atoms with E-state index in [1.165, 1.54) is 12.8 Å². The lowest BCUT2D eigenvalue weighted by Gasteiger charge is -2.21. The maximum atomic E-state index is 5.48. The van der Waals surface area contributed by atoms with Crippen molar-refractivity contribution in [3.63, 3.8) is 0 Å². The molecule has 0 aromatic rings. The molecule has 1 rings (SSSR count). The van der Waals surface area contributed by atoms with Gasteiger partial charge in [-0.1, -0.05) is 26.7 Å². The summed E-state index contributed by atoms with van der Waals surface area (Å²) in [5.74, 6) is 0.828. The monoisotopic (exact) mass is 197 g/mol. The molecule has 0 fully saturated rings. The maximum Gasteiger partial charge on any atom is 0.110 e. The SMILES string of the molecule is CCC(CC)CNCC1CCC=CO1. The summed E-state index contributed by atoms with van der Waals surface area (Å²) in [5.41, 5.74) is 0. The number of hydrogen-bond donors (Lipinski definition) is 1. The second kappa shape index (κ2) is 6.88. The van der Waals surface area contributed by atoms with Gasteiger partial charge in [-0.2, -0.15) is 0 Å². The Balaban J connectivity index is 2.05. The van der Waals surface area contributed by atoms with Crippen LogP contribution in [-0.4, -0.2) is 19.2 Å². The molecule has 0 saturated heterocycles. The third-order valence-corrected chi connectivity index (χ3v) is 2.98. The predicted molar refractivity (Wildman–Crippen MR) is 60.2 cm³/mol. The van der Waals surface area contributed by atoms with Crippen molar-refractivity contribution in [1.82, 2.24) is 5.32 Å². The van der Waals surface area contributed by atoms with Gasteiger partial charge in [-0.05, 0) is 31.4 Å². The topological polar surface area (TPSA) is 21.3 Å². The van der Waals surface area contributed by atoms with Gasteiger partial charge in [0, 0.05) is 6.54 Å². The van der Waals surface area contributed by atoms with Crippen molar-refractivity contribution >= 4 is 0 Å². The average Bonchev–Trinajstić information content (AvgIpc) is 2.26. The standard InChI is InChI=1S/C12H23NO/c1-3-11(4-2)9-13-10-12-7-5-6-8-14-12/h6,8,11-13H,3-5,7,9-10H2,1-2H3. The fourth-order valence-corrected chi connectivity index (χ4v) is 1.76. The molecule has 1 atom stereocenters. The smallest absolute Gasteiger partial charge is 0.110 e. The molecule has 1 N–H and O–H groups in total. The quantitative estimate of drug-likeness (QED) is 0.707. The van der Waals surface area contributed by atoms with E-state index in [1.807, 2.05) is 6.26 Å². The lowest BCUT2D eigenvalue weighted by molar-refractivity contribution is 0.121. The third kappa shape index (κ3) is 4.14. The van der Waals surface area contributed by atoms with Crippen LogP contribution >= 0.6 is 0 Å². The number of allylic oxidation sites excluding steroid dienone is 1. The minimum Gasteiger partial charge on any atom is -0.497 e. The summed E-state index contributed by atoms with van der Waals surface area (Å²) in [6.07, 6.45) is 9.20. The second-order valence-corrected chi connectivity index (χ2v) is 4.05. The molecule has 1 heterocycles. The molecule has 0 saturated carbocycles. The number of ether oxygens (including phenoxy) is 1. The van der Waals surface area contributed by atoms with Gasteiger partial charge in [0.15, 0.2) is 0 Å². The molecule has 82 valence electrons. The van der Waals surface area contributed by atoms with Crippen LogP contribution in [0.1, 0.15) is 39.5 Å². The Hall–Kier alpha value is -0.500. The Morgan fingerprint density at radius 1 is 1.43 bits per heavy atom. The molecule has 0 radical (unpaired) electrons. The fourth-order valence-electron chi connectivity index (χ4n) is 1.76. The summed E-state index contributed by atoms with van der Waals surface area (Å²) in [4.78, 5) is 0. The van der Waals surface area contributed by atoms with Gasteiger partial charge in [-0.25, -0.2) is 0 Å². The van der Waals surface area contributed by atoms with Crippen LogP contribution in [0.5, 0.6) is 0 Å². The van der Waals surface area contributed by atoms with E-state index in [0.29, 0.717) is 6.10 Å². The third-order valence-electron chi connectivity index (χ3n) is 2.98. The molecule has 0 aromatic carbocycles. The molecule has 0 aromatic heterocycles. The summed E-state index contributed by atoms with van der Waals surface area (Å²) in [6.45, 7) is 6.66. The molecular formula is C12H23NO. The summed E-state index contributed by atoms with van der Waals surface area (Å²) in [7, 11) is 0. The highest BCUT2D eigenvalue weighted by molar-refractivity contribution is 4.83. The molecule has 1 aliphatic heterocycles. The van der Waals surface area contributed by atoms with Gasteiger partial charge >= 0.3 is 0 Å². The number of nitrogens with one attached hydrogen (secondary N) is 1. The van der Waals surface area contributed by atoms with Crippen LogP contribution in [0.4, 0.5) is 0 Å². The van der Waals surface area contributed by atoms with E-state index < -0.39 is 0 Å². The van der Waals surface area contributed by atoms with E-state index in [-0.39, 0.29) is 0 Å². The Labute approximate surface area is 87.7 Å². The molecular weight excluding hydrogens is 174 g/mol. The van der Waals surface area contributed by atoms with Gasteiger partial charge in [0.1, 0.15) is 6.10 Å². The Morgan fingerprint density at radius 3 is 2.79 bits per heavy atom. The predicted octanol–water partition coefficient (Wildman–Crippen LogP) is 2.70. The van der Waals surface area contributed by atoms with Crippen molar-refractivity contribution in [3.8, 4) is 0 Å². The number of rotatable bonds is 6. The van der Waals surface area contributed by atoms with Gasteiger partial charge in [0.25, 0.3) is 0 Å². The maximum absolute atomic E-state index is 5.48. The summed E-state index contributed by atoms with van der Waals surface area (Å²) in [6, 6.07) is 0. The zero-order valence-corrected chi connectivity index (χ0v) is 9.46. The van der Waals surface area contributed by atoms with Crippen LogP contribution in [0.3, 0.4) is 0 Å². The first kappa shape index (κ1) is 11.6. The summed E-state index contributed by atoms with van der Waals surface area (Å²) >= 11 is 0. The first-order valence-electron chi connectivity index (χ1n) is 5.88. The van der Waals surface area contributed by atoms with Gasteiger partial charge < -0.3 is 10.1 Å². The number of hydrogen-bond acceptors (Lipinski definition) is 2. The molecule has 2 heteroatoms. The van der Waals surface area contributed by atoms with E-state index in [9.17, 15) is 0 Å². The molecule has 1 unspecified atom stereocenters. The second-order valence-electron chi connectivity index (χ2n) is 4.05. The van der Waals surface area contributed by atoms with Crippen molar-refractivity contribution in [2.75, 3.05) is 13.1 Å². The van der Waals surface area contributed by atoms with Crippen LogP contribution in [0.15, 0.2) is 12.3 Å². The largest absolute Gasteiger partial charge is 0.497 e. The minimum atomic E-state index is 0.398. The normalized spacial score (nSPS) is 21.2. The van der Waals surface area contributed by atoms with E-state index in [2.05, 4.69) is 25.2 Å². The Morgan fingerprint density at radius 2 is 2.21 bits per heavy atom. The van der Waals surface area contributed by atoms with Gasteiger partial charge in [0.2, 0.25) is 0 Å². The van der Waals surface area contributed by atoms with Gasteiger partial charge in [-0.3, -0.25) is 0 Å². The Kier molecular flexibility index (Phi) is 5.69. The first-order chi connectivity index (χ1) is 6.86. The summed E-state index contributed by atoms with van der Waals surface area (Å²) in [5, 5.41) is 3.50. The van der Waals surface area contributed by atoms with Crippen molar-refractivity contribution in [3.05, 3.63) is 12.3 Å². The molecule has 0 aliphatic carbocycles. The van der Waals surface area contributed by atoms with Crippen LogP contribution < -0.4 is 5.32 Å². The molecule has 0 bridgehead atoms. The van der Waals surface area contributed by atoms with E-state index >= 15 is 0 Å². The van der Waals surface area contributed by atoms with Crippen LogP contribution in [0, 0.1) is 5.92 Å². The molecule has 0 spiro atoms. The van der Waals surface area contributed by atoms with Crippen molar-refractivity contribution in [1.29, 1.82) is 0 Å². The van der Waals surface area contributed by atoms with Crippen molar-refractivity contribution in [2.24, 2.45) is 5.92 Å². The highest BCUT2D eigenvalue weighted by Crippen LogP contribution is 2.10. The average molecular weight is 197 g/mol. The zero-order chi connectivity index (χ0) is 10.2. The van der Waals surface area contributed by atoms with E-state index in [1.54, 1.807) is 0 Å². The molecule has 2 nitrogen and oxygen atoms in total. The highest BCUT2D eigenvalue weighted by atomic mass is 16.5. The molecule has 1 aliphatic rings. The van der Waals surface area contributed by atoms with E-state index in [0.717, 1.165) is 31.8 Å². The Bertz CT molecular complexity index is 164. The lowest BCUT2D eigenvalue weighted by Crippen LogP contribution is -2.32. The summed E-state index contributed by atoms with van der Waals surface area (Å²) < 4.78 is 5.48. The fraction of sp³-hybridized carbons (Fsp3) is 0.833. The zero-order valence-electron chi connectivity index (χ0n) is 9.46. The minimum absolute atomic E-state index is 0.398. The van der Waals surface area contributed by atoms with Crippen molar-refractivity contribution in [2.45, 2.75) is 45.6 Å². The highest BCUT2D eigenvalue weighted by Gasteiger charge is 2.10. The van der Waals surface area contributed by atoms with Gasteiger partial charge in [0.05, 0.1) is 6.26 Å². The van der Waals surface area contributed by atoms with Crippen molar-refractivity contribution < 1.29 is 4.74 Å². The lowest BCUT2D eigenvalue weighted by atomic mass is 10.0. The van der Waals surface area contributed by atoms with Gasteiger partial charge in [-0.15, -0.1) is 0 Å². The van der Waals surface area contributed by atoms with Crippen LogP contribution in [0.2, 0.25) is 0 Å². The molecule has 14 heavy (non-hydrogen) atoms. The molecule has 0 amide bonds. The van der Waals surface area contributed by atoms with Crippen LogP contribution in [-0.2, 0) is 4.74 Å².